The summed E-state index contributed by atoms with van der Waals surface area (Å²) in [6, 6.07) is 1.93. The van der Waals surface area contributed by atoms with Gasteiger partial charge in [0.05, 0.1) is 0 Å². The average Bonchev–Trinajstić information content (AvgIpc) is 3.26. The Bertz CT molecular complexity index is 700. The molecular formula is C16H21N5OS. The van der Waals surface area contributed by atoms with E-state index in [9.17, 15) is 4.79 Å². The number of aryl methyl sites for hydroxylation is 2. The van der Waals surface area contributed by atoms with Crippen molar-refractivity contribution in [1.82, 2.24) is 20.2 Å². The first-order valence-corrected chi connectivity index (χ1v) is 9.02. The van der Waals surface area contributed by atoms with Crippen LogP contribution in [0.25, 0.3) is 0 Å². The molecule has 23 heavy (non-hydrogen) atoms. The van der Waals surface area contributed by atoms with Gasteiger partial charge in [0, 0.05) is 35.5 Å². The van der Waals surface area contributed by atoms with Gasteiger partial charge in [0.25, 0.3) is 0 Å². The highest BCUT2D eigenvalue weighted by Crippen LogP contribution is 2.39. The second kappa shape index (κ2) is 6.70. The number of hydrogen-bond donors (Lipinski definition) is 2. The summed E-state index contributed by atoms with van der Waals surface area (Å²) in [5.74, 6) is 1.18. The molecule has 2 N–H and O–H groups in total. The molecule has 0 bridgehead atoms. The Kier molecular flexibility index (Phi) is 4.66. The zero-order valence-corrected chi connectivity index (χ0v) is 14.5. The number of carbonyl (C=O) groups excluding carboxylic acids is 1. The van der Waals surface area contributed by atoms with Crippen LogP contribution in [0.2, 0.25) is 0 Å². The van der Waals surface area contributed by atoms with Gasteiger partial charge in [0.1, 0.15) is 0 Å². The van der Waals surface area contributed by atoms with E-state index < -0.39 is 0 Å². The molecule has 1 amide bonds. The van der Waals surface area contributed by atoms with Gasteiger partial charge in [-0.3, -0.25) is 9.89 Å². The Morgan fingerprint density at radius 1 is 1.35 bits per heavy atom. The van der Waals surface area contributed by atoms with E-state index in [4.69, 9.17) is 0 Å². The van der Waals surface area contributed by atoms with Gasteiger partial charge in [-0.1, -0.05) is 11.8 Å². The Morgan fingerprint density at radius 2 is 2.04 bits per heavy atom. The fraction of sp³-hybridized carbons (Fsp3) is 0.500. The van der Waals surface area contributed by atoms with Gasteiger partial charge in [0.2, 0.25) is 5.91 Å². The SMILES string of the molecule is CSc1nc(C)c(CCC(=O)Nc2cc(C3CC3)[nH]n2)c(C)n1. The number of H-pyrrole nitrogens is 1. The monoisotopic (exact) mass is 331 g/mol. The highest BCUT2D eigenvalue weighted by Gasteiger charge is 2.25. The molecule has 2 aromatic heterocycles. The van der Waals surface area contributed by atoms with E-state index in [2.05, 4.69) is 25.5 Å². The largest absolute Gasteiger partial charge is 0.309 e. The summed E-state index contributed by atoms with van der Waals surface area (Å²) in [6.45, 7) is 3.94. The molecule has 0 aliphatic heterocycles. The van der Waals surface area contributed by atoms with Crippen molar-refractivity contribution in [2.24, 2.45) is 0 Å². The van der Waals surface area contributed by atoms with E-state index >= 15 is 0 Å². The number of nitrogens with one attached hydrogen (secondary N) is 2. The molecule has 1 aliphatic carbocycles. The molecule has 0 saturated heterocycles. The van der Waals surface area contributed by atoms with Crippen molar-refractivity contribution in [2.45, 2.75) is 50.6 Å². The van der Waals surface area contributed by atoms with Crippen LogP contribution in [0.4, 0.5) is 5.82 Å². The molecule has 1 saturated carbocycles. The fourth-order valence-corrected chi connectivity index (χ4v) is 3.07. The Hall–Kier alpha value is -1.89. The first-order chi connectivity index (χ1) is 11.1. The summed E-state index contributed by atoms with van der Waals surface area (Å²) < 4.78 is 0. The molecule has 122 valence electrons. The zero-order chi connectivity index (χ0) is 16.4. The number of carbonyl (C=O) groups is 1. The lowest BCUT2D eigenvalue weighted by Crippen LogP contribution is -2.14. The van der Waals surface area contributed by atoms with Crippen LogP contribution in [-0.2, 0) is 11.2 Å². The molecule has 7 heteroatoms. The van der Waals surface area contributed by atoms with Gasteiger partial charge in [-0.05, 0) is 44.9 Å². The minimum atomic E-state index is -0.0356. The number of nitrogens with zero attached hydrogens (tertiary/aromatic N) is 3. The molecule has 0 aromatic carbocycles. The smallest absolute Gasteiger partial charge is 0.225 e. The number of aromatic nitrogens is 4. The standard InChI is InChI=1S/C16H21N5OS/c1-9-12(10(2)18-16(17-9)23-3)6-7-15(22)19-14-8-13(20-21-14)11-4-5-11/h8,11H,4-7H2,1-3H3,(H2,19,20,21,22). The van der Waals surface area contributed by atoms with Crippen molar-refractivity contribution < 1.29 is 4.79 Å². The topological polar surface area (TPSA) is 83.6 Å². The minimum absolute atomic E-state index is 0.0356. The molecule has 0 atom stereocenters. The number of thioether (sulfide) groups is 1. The highest BCUT2D eigenvalue weighted by molar-refractivity contribution is 7.98. The van der Waals surface area contributed by atoms with E-state index in [1.807, 2.05) is 26.2 Å². The van der Waals surface area contributed by atoms with Crippen LogP contribution >= 0.6 is 11.8 Å². The van der Waals surface area contributed by atoms with Gasteiger partial charge in [0.15, 0.2) is 11.0 Å². The summed E-state index contributed by atoms with van der Waals surface area (Å²) in [5.41, 5.74) is 4.07. The fourth-order valence-electron chi connectivity index (χ4n) is 2.61. The minimum Gasteiger partial charge on any atom is -0.309 e. The lowest BCUT2D eigenvalue weighted by Gasteiger charge is -2.09. The molecule has 0 radical (unpaired) electrons. The third-order valence-electron chi connectivity index (χ3n) is 4.07. The number of aromatic amines is 1. The maximum absolute atomic E-state index is 12.1. The average molecular weight is 331 g/mol. The van der Waals surface area contributed by atoms with Gasteiger partial charge in [-0.15, -0.1) is 0 Å². The molecule has 1 fully saturated rings. The summed E-state index contributed by atoms with van der Waals surface area (Å²) in [5, 5.41) is 10.8. The summed E-state index contributed by atoms with van der Waals surface area (Å²) in [7, 11) is 0. The van der Waals surface area contributed by atoms with E-state index in [0.717, 1.165) is 27.8 Å². The van der Waals surface area contributed by atoms with Crippen LogP contribution in [0.3, 0.4) is 0 Å². The predicted octanol–water partition coefficient (Wildman–Crippen LogP) is 2.99. The molecule has 6 nitrogen and oxygen atoms in total. The Labute approximate surface area is 139 Å². The normalized spacial score (nSPS) is 14.0. The van der Waals surface area contributed by atoms with Gasteiger partial charge in [-0.2, -0.15) is 5.10 Å². The summed E-state index contributed by atoms with van der Waals surface area (Å²) in [4.78, 5) is 21.0. The van der Waals surface area contributed by atoms with Gasteiger partial charge in [-0.25, -0.2) is 9.97 Å². The van der Waals surface area contributed by atoms with Gasteiger partial charge < -0.3 is 5.32 Å². The van der Waals surface area contributed by atoms with Crippen LogP contribution in [0.5, 0.6) is 0 Å². The van der Waals surface area contributed by atoms with Crippen molar-refractivity contribution in [3.05, 3.63) is 28.7 Å². The van der Waals surface area contributed by atoms with Crippen molar-refractivity contribution in [3.63, 3.8) is 0 Å². The van der Waals surface area contributed by atoms with Gasteiger partial charge >= 0.3 is 0 Å². The van der Waals surface area contributed by atoms with Crippen LogP contribution in [0.1, 0.15) is 47.8 Å². The zero-order valence-electron chi connectivity index (χ0n) is 13.6. The van der Waals surface area contributed by atoms with E-state index in [1.165, 1.54) is 24.6 Å². The second-order valence-electron chi connectivity index (χ2n) is 5.89. The number of amides is 1. The first kappa shape index (κ1) is 16.0. The lowest BCUT2D eigenvalue weighted by atomic mass is 10.1. The molecule has 1 aliphatic rings. The third-order valence-corrected chi connectivity index (χ3v) is 4.61. The van der Waals surface area contributed by atoms with Crippen molar-refractivity contribution >= 4 is 23.5 Å². The van der Waals surface area contributed by atoms with E-state index in [1.54, 1.807) is 0 Å². The Morgan fingerprint density at radius 3 is 2.65 bits per heavy atom. The summed E-state index contributed by atoms with van der Waals surface area (Å²) >= 11 is 1.53. The third kappa shape index (κ3) is 3.90. The molecule has 0 unspecified atom stereocenters. The molecule has 3 rings (SSSR count). The molecular weight excluding hydrogens is 310 g/mol. The number of rotatable bonds is 6. The highest BCUT2D eigenvalue weighted by atomic mass is 32.2. The van der Waals surface area contributed by atoms with Crippen LogP contribution in [0, 0.1) is 13.8 Å². The first-order valence-electron chi connectivity index (χ1n) is 7.80. The molecule has 2 aromatic rings. The predicted molar refractivity (Wildman–Crippen MR) is 90.8 cm³/mol. The van der Waals surface area contributed by atoms with Crippen LogP contribution < -0.4 is 5.32 Å². The Balaban J connectivity index is 1.58. The maximum atomic E-state index is 12.1. The van der Waals surface area contributed by atoms with Crippen molar-refractivity contribution in [2.75, 3.05) is 11.6 Å². The van der Waals surface area contributed by atoms with Crippen molar-refractivity contribution in [3.8, 4) is 0 Å². The van der Waals surface area contributed by atoms with Crippen LogP contribution in [-0.4, -0.2) is 32.3 Å². The molecule has 0 spiro atoms. The molecule has 2 heterocycles. The maximum Gasteiger partial charge on any atom is 0.225 e. The van der Waals surface area contributed by atoms with Crippen LogP contribution in [0.15, 0.2) is 11.2 Å². The van der Waals surface area contributed by atoms with E-state index in [0.29, 0.717) is 24.6 Å². The number of hydrogen-bond acceptors (Lipinski definition) is 5. The quantitative estimate of drug-likeness (QED) is 0.628. The lowest BCUT2D eigenvalue weighted by molar-refractivity contribution is -0.116. The number of anilines is 1. The van der Waals surface area contributed by atoms with Crippen molar-refractivity contribution in [1.29, 1.82) is 0 Å². The second-order valence-corrected chi connectivity index (χ2v) is 6.66. The van der Waals surface area contributed by atoms with E-state index in [-0.39, 0.29) is 5.91 Å². The summed E-state index contributed by atoms with van der Waals surface area (Å²) in [6.07, 6.45) is 5.41.